The zero-order chi connectivity index (χ0) is 26.1. The van der Waals surface area contributed by atoms with Gasteiger partial charge in [0.15, 0.2) is 9.84 Å². The number of likely N-dealkylation sites (N-methyl/N-ethyl adjacent to an activating group) is 1. The summed E-state index contributed by atoms with van der Waals surface area (Å²) in [5.41, 5.74) is 1.58. The number of halogens is 3. The minimum Gasteiger partial charge on any atom is -0.475 e. The van der Waals surface area contributed by atoms with Crippen LogP contribution in [0.2, 0.25) is 0 Å². The van der Waals surface area contributed by atoms with E-state index in [9.17, 15) is 26.4 Å². The predicted molar refractivity (Wildman–Crippen MR) is 121 cm³/mol. The summed E-state index contributed by atoms with van der Waals surface area (Å²) >= 11 is 0. The topological polar surface area (TPSA) is 124 Å². The highest BCUT2D eigenvalue weighted by atomic mass is 32.2. The van der Waals surface area contributed by atoms with Crippen molar-refractivity contribution in [2.45, 2.75) is 42.9 Å². The first-order valence-corrected chi connectivity index (χ1v) is 13.0. The van der Waals surface area contributed by atoms with Gasteiger partial charge in [-0.3, -0.25) is 9.69 Å². The van der Waals surface area contributed by atoms with Crippen molar-refractivity contribution in [3.63, 3.8) is 0 Å². The lowest BCUT2D eigenvalue weighted by Crippen LogP contribution is -2.38. The number of piperidine rings is 1. The average molecular weight is 522 g/mol. The van der Waals surface area contributed by atoms with Crippen molar-refractivity contribution in [1.82, 2.24) is 19.8 Å². The zero-order valence-corrected chi connectivity index (χ0v) is 20.6. The molecule has 1 aromatic rings. The van der Waals surface area contributed by atoms with E-state index in [2.05, 4.69) is 16.8 Å². The second-order valence-corrected chi connectivity index (χ2v) is 11.7. The number of carboxylic acid groups (broad SMARTS) is 1. The van der Waals surface area contributed by atoms with Gasteiger partial charge < -0.3 is 14.9 Å². The molecule has 0 spiro atoms. The van der Waals surface area contributed by atoms with Crippen LogP contribution in [0.25, 0.3) is 0 Å². The molecule has 1 unspecified atom stereocenters. The minimum absolute atomic E-state index is 0.00432. The summed E-state index contributed by atoms with van der Waals surface area (Å²) in [5, 5.41) is 6.64. The van der Waals surface area contributed by atoms with Gasteiger partial charge in [0.05, 0.1) is 23.2 Å². The van der Waals surface area contributed by atoms with Crippen LogP contribution in [0.1, 0.15) is 36.9 Å². The maximum atomic E-state index is 12.8. The maximum absolute atomic E-state index is 12.8. The molecule has 1 amide bonds. The molecule has 4 heterocycles. The number of amides is 1. The van der Waals surface area contributed by atoms with E-state index in [1.54, 1.807) is 25.2 Å². The second kappa shape index (κ2) is 10.2. The molecule has 2 saturated heterocycles. The number of hydrogen-bond acceptors (Lipinski definition) is 8. The van der Waals surface area contributed by atoms with Gasteiger partial charge >= 0.3 is 12.1 Å². The molecule has 3 aliphatic rings. The number of alkyl halides is 3. The zero-order valence-electron chi connectivity index (χ0n) is 19.8. The van der Waals surface area contributed by atoms with Gasteiger partial charge in [-0.05, 0) is 18.8 Å². The van der Waals surface area contributed by atoms with Gasteiger partial charge in [-0.2, -0.15) is 13.2 Å². The maximum Gasteiger partial charge on any atom is 0.490 e. The van der Waals surface area contributed by atoms with Gasteiger partial charge in [0.25, 0.3) is 0 Å². The normalized spacial score (nSPS) is 25.7. The van der Waals surface area contributed by atoms with Crippen molar-refractivity contribution < 1.29 is 36.3 Å². The highest BCUT2D eigenvalue weighted by molar-refractivity contribution is 7.91. The molecule has 0 saturated carbocycles. The Bertz CT molecular complexity index is 1070. The number of carbonyl (C=O) groups excluding carboxylic acids is 1. The number of rotatable bonds is 3. The standard InChI is InChI=1S/C19H29N5O3S.C2HF3O2/c1-13-5-4-6-24(8-13)19-20-7-14-12-28(26,27)16-10-23(11-17(25)22(2)3)9-15(16)18(14)21-19;3-2(4,5)1(6)7/h7,13,15-16H,4-6,8-12H2,1-3H3;(H,6,7)/t13?,15-,16+;/m0./s1. The average Bonchev–Trinajstić information content (AvgIpc) is 3.18. The molecule has 3 atom stereocenters. The van der Waals surface area contributed by atoms with Crippen LogP contribution in [0, 0.1) is 5.92 Å². The predicted octanol–water partition coefficient (Wildman–Crippen LogP) is 1.13. The molecule has 1 N–H and O–H groups in total. The third kappa shape index (κ3) is 6.40. The molecule has 1 aromatic heterocycles. The molecule has 0 radical (unpaired) electrons. The van der Waals surface area contributed by atoms with Crippen molar-refractivity contribution in [3.05, 3.63) is 17.5 Å². The number of carbonyl (C=O) groups is 2. The van der Waals surface area contributed by atoms with E-state index < -0.39 is 27.2 Å². The fraction of sp³-hybridized carbons (Fsp3) is 0.714. The summed E-state index contributed by atoms with van der Waals surface area (Å²) in [6.07, 6.45) is -1.03. The largest absolute Gasteiger partial charge is 0.490 e. The van der Waals surface area contributed by atoms with E-state index in [4.69, 9.17) is 14.9 Å². The third-order valence-electron chi connectivity index (χ3n) is 6.44. The minimum atomic E-state index is -5.08. The molecule has 10 nitrogen and oxygen atoms in total. The Morgan fingerprint density at radius 2 is 1.89 bits per heavy atom. The first kappa shape index (κ1) is 27.1. The Balaban J connectivity index is 0.000000429. The Labute approximate surface area is 202 Å². The van der Waals surface area contributed by atoms with Gasteiger partial charge in [-0.15, -0.1) is 0 Å². The first-order chi connectivity index (χ1) is 16.2. The van der Waals surface area contributed by atoms with E-state index >= 15 is 0 Å². The molecular weight excluding hydrogens is 491 g/mol. The number of fused-ring (bicyclic) bond motifs is 3. The summed E-state index contributed by atoms with van der Waals surface area (Å²) in [6, 6.07) is 0. The van der Waals surface area contributed by atoms with E-state index in [1.807, 2.05) is 4.90 Å². The number of likely N-dealkylation sites (tertiary alicyclic amines) is 1. The molecule has 0 bridgehead atoms. The Morgan fingerprint density at radius 3 is 2.46 bits per heavy atom. The van der Waals surface area contributed by atoms with Crippen molar-refractivity contribution in [2.24, 2.45) is 5.92 Å². The summed E-state index contributed by atoms with van der Waals surface area (Å²) in [4.78, 5) is 36.1. The second-order valence-electron chi connectivity index (χ2n) is 9.51. The lowest BCUT2D eigenvalue weighted by atomic mass is 9.99. The van der Waals surface area contributed by atoms with Crippen LogP contribution in [-0.2, 0) is 25.2 Å². The lowest BCUT2D eigenvalue weighted by molar-refractivity contribution is -0.192. The molecule has 3 aliphatic heterocycles. The lowest BCUT2D eigenvalue weighted by Gasteiger charge is -2.32. The van der Waals surface area contributed by atoms with Crippen LogP contribution in [0.5, 0.6) is 0 Å². The van der Waals surface area contributed by atoms with Crippen LogP contribution in [0.15, 0.2) is 6.20 Å². The quantitative estimate of drug-likeness (QED) is 0.623. The molecule has 0 aliphatic carbocycles. The Kier molecular flexibility index (Phi) is 7.94. The smallest absolute Gasteiger partial charge is 0.475 e. The number of aliphatic carboxylic acids is 1. The number of hydrogen-bond donors (Lipinski definition) is 1. The fourth-order valence-electron chi connectivity index (χ4n) is 4.63. The number of sulfone groups is 1. The first-order valence-electron chi connectivity index (χ1n) is 11.2. The Morgan fingerprint density at radius 1 is 1.23 bits per heavy atom. The molecular formula is C21H30F3N5O5S. The van der Waals surface area contributed by atoms with Crippen LogP contribution in [-0.4, -0.2) is 103 Å². The van der Waals surface area contributed by atoms with Crippen molar-refractivity contribution in [2.75, 3.05) is 51.7 Å². The van der Waals surface area contributed by atoms with E-state index in [0.29, 0.717) is 25.0 Å². The highest BCUT2D eigenvalue weighted by Crippen LogP contribution is 2.39. The van der Waals surface area contributed by atoms with Gasteiger partial charge in [0, 0.05) is 58.0 Å². The van der Waals surface area contributed by atoms with Crippen LogP contribution < -0.4 is 4.90 Å². The van der Waals surface area contributed by atoms with Crippen LogP contribution in [0.3, 0.4) is 0 Å². The van der Waals surface area contributed by atoms with Crippen molar-refractivity contribution in [3.8, 4) is 0 Å². The van der Waals surface area contributed by atoms with Crippen LogP contribution >= 0.6 is 0 Å². The van der Waals surface area contributed by atoms with Gasteiger partial charge in [-0.1, -0.05) is 6.92 Å². The van der Waals surface area contributed by atoms with Crippen molar-refractivity contribution in [1.29, 1.82) is 0 Å². The number of aromatic nitrogens is 2. The summed E-state index contributed by atoms with van der Waals surface area (Å²) in [6.45, 7) is 5.30. The molecule has 196 valence electrons. The SMILES string of the molecule is CC1CCCN(c2ncc3c(n2)[C@H]2CN(CC(=O)N(C)C)C[C@H]2S(=O)(=O)C3)C1.O=C(O)C(F)(F)F. The monoisotopic (exact) mass is 521 g/mol. The van der Waals surface area contributed by atoms with Gasteiger partial charge in [-0.25, -0.2) is 23.2 Å². The van der Waals surface area contributed by atoms with Crippen LogP contribution in [0.4, 0.5) is 19.1 Å². The third-order valence-corrected chi connectivity index (χ3v) is 8.55. The van der Waals surface area contributed by atoms with Gasteiger partial charge in [0.1, 0.15) is 0 Å². The summed E-state index contributed by atoms with van der Waals surface area (Å²) in [5.74, 6) is -1.64. The van der Waals surface area contributed by atoms with E-state index in [1.165, 1.54) is 6.42 Å². The molecule has 35 heavy (non-hydrogen) atoms. The molecule has 14 heteroatoms. The summed E-state index contributed by atoms with van der Waals surface area (Å²) in [7, 11) is 0.168. The Hall–Kier alpha value is -2.48. The molecule has 0 aromatic carbocycles. The highest BCUT2D eigenvalue weighted by Gasteiger charge is 2.47. The van der Waals surface area contributed by atoms with E-state index in [-0.39, 0.29) is 24.1 Å². The van der Waals surface area contributed by atoms with Crippen molar-refractivity contribution >= 4 is 27.7 Å². The summed E-state index contributed by atoms with van der Waals surface area (Å²) < 4.78 is 57.4. The van der Waals surface area contributed by atoms with E-state index in [0.717, 1.165) is 30.8 Å². The van der Waals surface area contributed by atoms with Gasteiger partial charge in [0.2, 0.25) is 11.9 Å². The molecule has 2 fully saturated rings. The molecule has 4 rings (SSSR count). The number of nitrogens with zero attached hydrogens (tertiary/aromatic N) is 5. The fourth-order valence-corrected chi connectivity index (χ4v) is 6.65. The number of carboxylic acids is 1. The number of anilines is 1.